The smallest absolute Gasteiger partial charge is 0.180 e. The van der Waals surface area contributed by atoms with Crippen LogP contribution in [0.4, 0.5) is 11.5 Å². The lowest BCUT2D eigenvalue weighted by Gasteiger charge is -2.03. The second-order valence-corrected chi connectivity index (χ2v) is 4.49. The standard InChI is InChI=1S/C14H15N5/c1-8-3-4-10(15)9(7-8)13-17-11-5-6-12(16-2)18-14(11)19-13/h3-7H,15H2,1-2H3,(H2,16,17,18,19). The molecule has 0 saturated carbocycles. The van der Waals surface area contributed by atoms with Crippen LogP contribution in [-0.2, 0) is 0 Å². The number of nitrogens with zero attached hydrogens (tertiary/aromatic N) is 2. The van der Waals surface area contributed by atoms with Crippen LogP contribution in [-0.4, -0.2) is 22.0 Å². The number of aromatic nitrogens is 3. The first-order valence-electron chi connectivity index (χ1n) is 6.08. The Hall–Kier alpha value is -2.56. The number of nitrogens with one attached hydrogen (secondary N) is 2. The average Bonchev–Trinajstić information content (AvgIpc) is 2.83. The molecule has 0 fully saturated rings. The van der Waals surface area contributed by atoms with Crippen molar-refractivity contribution in [2.24, 2.45) is 0 Å². The molecule has 3 rings (SSSR count). The molecule has 0 bridgehead atoms. The molecule has 5 nitrogen and oxygen atoms in total. The third-order valence-electron chi connectivity index (χ3n) is 3.07. The molecule has 0 aliphatic carbocycles. The van der Waals surface area contributed by atoms with E-state index in [-0.39, 0.29) is 0 Å². The Morgan fingerprint density at radius 2 is 2.00 bits per heavy atom. The van der Waals surface area contributed by atoms with Crippen molar-refractivity contribution < 1.29 is 0 Å². The molecule has 1 aromatic carbocycles. The summed E-state index contributed by atoms with van der Waals surface area (Å²) in [5.74, 6) is 1.54. The van der Waals surface area contributed by atoms with Crippen LogP contribution >= 0.6 is 0 Å². The highest BCUT2D eigenvalue weighted by molar-refractivity contribution is 5.81. The van der Waals surface area contributed by atoms with Gasteiger partial charge in [-0.2, -0.15) is 0 Å². The lowest BCUT2D eigenvalue weighted by Crippen LogP contribution is -1.92. The van der Waals surface area contributed by atoms with E-state index in [1.807, 2.05) is 44.3 Å². The molecule has 0 radical (unpaired) electrons. The number of pyridine rings is 1. The van der Waals surface area contributed by atoms with Crippen LogP contribution in [0.3, 0.4) is 0 Å². The van der Waals surface area contributed by atoms with E-state index >= 15 is 0 Å². The number of imidazole rings is 1. The molecule has 2 aromatic heterocycles. The Kier molecular flexibility index (Phi) is 2.59. The minimum absolute atomic E-state index is 0.683. The van der Waals surface area contributed by atoms with Crippen LogP contribution in [0.5, 0.6) is 0 Å². The third-order valence-corrected chi connectivity index (χ3v) is 3.07. The van der Waals surface area contributed by atoms with Gasteiger partial charge in [-0.15, -0.1) is 0 Å². The van der Waals surface area contributed by atoms with Crippen molar-refractivity contribution in [3.8, 4) is 11.4 Å². The molecule has 96 valence electrons. The molecule has 0 aliphatic heterocycles. The maximum absolute atomic E-state index is 6.01. The maximum atomic E-state index is 6.01. The van der Waals surface area contributed by atoms with Crippen molar-refractivity contribution in [2.75, 3.05) is 18.1 Å². The zero-order chi connectivity index (χ0) is 13.4. The summed E-state index contributed by atoms with van der Waals surface area (Å²) in [6, 6.07) is 9.76. The molecule has 0 spiro atoms. The molecule has 19 heavy (non-hydrogen) atoms. The number of nitrogen functional groups attached to an aromatic ring is 1. The predicted octanol–water partition coefficient (Wildman–Crippen LogP) is 2.56. The van der Waals surface area contributed by atoms with Gasteiger partial charge in [-0.3, -0.25) is 0 Å². The summed E-state index contributed by atoms with van der Waals surface area (Å²) in [4.78, 5) is 12.2. The number of aryl methyl sites for hydroxylation is 1. The van der Waals surface area contributed by atoms with Gasteiger partial charge in [0.2, 0.25) is 0 Å². The lowest BCUT2D eigenvalue weighted by molar-refractivity contribution is 1.28. The molecular weight excluding hydrogens is 238 g/mol. The van der Waals surface area contributed by atoms with E-state index in [2.05, 4.69) is 20.3 Å². The normalized spacial score (nSPS) is 10.8. The number of fused-ring (bicyclic) bond motifs is 1. The van der Waals surface area contributed by atoms with Gasteiger partial charge in [-0.05, 0) is 31.2 Å². The van der Waals surface area contributed by atoms with Gasteiger partial charge in [0.25, 0.3) is 0 Å². The van der Waals surface area contributed by atoms with Crippen molar-refractivity contribution >= 4 is 22.7 Å². The fourth-order valence-electron chi connectivity index (χ4n) is 2.03. The van der Waals surface area contributed by atoms with Crippen molar-refractivity contribution in [3.63, 3.8) is 0 Å². The first-order valence-corrected chi connectivity index (χ1v) is 6.08. The number of benzene rings is 1. The first-order chi connectivity index (χ1) is 9.17. The minimum Gasteiger partial charge on any atom is -0.398 e. The highest BCUT2D eigenvalue weighted by Crippen LogP contribution is 2.26. The molecule has 5 heteroatoms. The number of rotatable bonds is 2. The molecule has 0 unspecified atom stereocenters. The summed E-state index contributed by atoms with van der Waals surface area (Å²) in [5, 5.41) is 3.00. The molecule has 0 atom stereocenters. The fourth-order valence-corrected chi connectivity index (χ4v) is 2.03. The molecule has 4 N–H and O–H groups in total. The number of hydrogen-bond donors (Lipinski definition) is 3. The van der Waals surface area contributed by atoms with Gasteiger partial charge in [0.15, 0.2) is 5.65 Å². The van der Waals surface area contributed by atoms with Crippen molar-refractivity contribution in [1.82, 2.24) is 15.0 Å². The van der Waals surface area contributed by atoms with Crippen LogP contribution in [0.2, 0.25) is 0 Å². The second kappa shape index (κ2) is 4.28. The molecule has 0 aliphatic rings. The monoisotopic (exact) mass is 253 g/mol. The fraction of sp³-hybridized carbons (Fsp3) is 0.143. The second-order valence-electron chi connectivity index (χ2n) is 4.49. The van der Waals surface area contributed by atoms with Gasteiger partial charge in [0.05, 0.1) is 5.52 Å². The Bertz CT molecular complexity index is 745. The Labute approximate surface area is 110 Å². The topological polar surface area (TPSA) is 79.6 Å². The Morgan fingerprint density at radius 1 is 1.16 bits per heavy atom. The van der Waals surface area contributed by atoms with Crippen molar-refractivity contribution in [3.05, 3.63) is 35.9 Å². The van der Waals surface area contributed by atoms with E-state index in [0.29, 0.717) is 11.3 Å². The molecule has 3 aromatic rings. The molecule has 0 amide bonds. The summed E-state index contributed by atoms with van der Waals surface area (Å²) in [5.41, 5.74) is 10.3. The first kappa shape index (κ1) is 11.5. The van der Waals surface area contributed by atoms with Crippen LogP contribution in [0.15, 0.2) is 30.3 Å². The largest absolute Gasteiger partial charge is 0.398 e. The average molecular weight is 253 g/mol. The van der Waals surface area contributed by atoms with Crippen LogP contribution in [0, 0.1) is 6.92 Å². The van der Waals surface area contributed by atoms with E-state index in [9.17, 15) is 0 Å². The van der Waals surface area contributed by atoms with Crippen LogP contribution < -0.4 is 11.1 Å². The highest BCUT2D eigenvalue weighted by Gasteiger charge is 2.09. The lowest BCUT2D eigenvalue weighted by atomic mass is 10.1. The van der Waals surface area contributed by atoms with Crippen molar-refractivity contribution in [1.29, 1.82) is 0 Å². The summed E-state index contributed by atoms with van der Waals surface area (Å²) in [6.45, 7) is 2.03. The third kappa shape index (κ3) is 1.99. The van der Waals surface area contributed by atoms with E-state index in [0.717, 1.165) is 28.3 Å². The SMILES string of the molecule is CNc1ccc2[nH]c(-c3cc(C)ccc3N)nc2n1. The van der Waals surface area contributed by atoms with Gasteiger partial charge in [-0.1, -0.05) is 11.6 Å². The van der Waals surface area contributed by atoms with Crippen LogP contribution in [0.25, 0.3) is 22.6 Å². The van der Waals surface area contributed by atoms with Gasteiger partial charge < -0.3 is 16.0 Å². The number of aromatic amines is 1. The maximum Gasteiger partial charge on any atom is 0.180 e. The molecule has 0 saturated heterocycles. The van der Waals surface area contributed by atoms with Gasteiger partial charge in [0, 0.05) is 18.3 Å². The van der Waals surface area contributed by atoms with E-state index in [4.69, 9.17) is 5.73 Å². The Balaban J connectivity index is 2.17. The minimum atomic E-state index is 0.683. The number of nitrogens with two attached hydrogens (primary N) is 1. The quantitative estimate of drug-likeness (QED) is 0.613. The summed E-state index contributed by atoms with van der Waals surface area (Å²) in [6.07, 6.45) is 0. The zero-order valence-corrected chi connectivity index (χ0v) is 10.9. The van der Waals surface area contributed by atoms with E-state index in [1.165, 1.54) is 0 Å². The van der Waals surface area contributed by atoms with Crippen molar-refractivity contribution in [2.45, 2.75) is 6.92 Å². The highest BCUT2D eigenvalue weighted by atomic mass is 15.0. The summed E-state index contributed by atoms with van der Waals surface area (Å²) >= 11 is 0. The zero-order valence-electron chi connectivity index (χ0n) is 10.9. The van der Waals surface area contributed by atoms with E-state index < -0.39 is 0 Å². The van der Waals surface area contributed by atoms with Gasteiger partial charge >= 0.3 is 0 Å². The number of anilines is 2. The van der Waals surface area contributed by atoms with Gasteiger partial charge in [-0.25, -0.2) is 9.97 Å². The van der Waals surface area contributed by atoms with E-state index in [1.54, 1.807) is 0 Å². The molecular formula is C14H15N5. The predicted molar refractivity (Wildman–Crippen MR) is 78.0 cm³/mol. The summed E-state index contributed by atoms with van der Waals surface area (Å²) < 4.78 is 0. The summed E-state index contributed by atoms with van der Waals surface area (Å²) in [7, 11) is 1.83. The molecule has 2 heterocycles. The van der Waals surface area contributed by atoms with Gasteiger partial charge in [0.1, 0.15) is 11.6 Å². The Morgan fingerprint density at radius 3 is 2.79 bits per heavy atom. The number of H-pyrrole nitrogens is 1. The van der Waals surface area contributed by atoms with Crippen LogP contribution in [0.1, 0.15) is 5.56 Å². The number of hydrogen-bond acceptors (Lipinski definition) is 4.